The van der Waals surface area contributed by atoms with Gasteiger partial charge in [-0.1, -0.05) is 6.92 Å². The zero-order chi connectivity index (χ0) is 16.4. The molecule has 1 unspecified atom stereocenters. The molecule has 0 saturated heterocycles. The lowest BCUT2D eigenvalue weighted by Crippen LogP contribution is -2.19. The lowest BCUT2D eigenvalue weighted by Gasteiger charge is -2.15. The Morgan fingerprint density at radius 1 is 1.30 bits per heavy atom. The quantitative estimate of drug-likeness (QED) is 0.642. The zero-order valence-corrected chi connectivity index (χ0v) is 14.8. The summed E-state index contributed by atoms with van der Waals surface area (Å²) in [7, 11) is 0. The number of fused-ring (bicyclic) bond motifs is 1. The normalized spacial score (nSPS) is 16.5. The Labute approximate surface area is 145 Å². The van der Waals surface area contributed by atoms with Gasteiger partial charge in [-0.2, -0.15) is 0 Å². The van der Waals surface area contributed by atoms with E-state index >= 15 is 0 Å². The van der Waals surface area contributed by atoms with E-state index in [9.17, 15) is 4.79 Å². The van der Waals surface area contributed by atoms with E-state index in [2.05, 4.69) is 22.5 Å². The molecule has 1 atom stereocenters. The van der Waals surface area contributed by atoms with Gasteiger partial charge < -0.3 is 10.6 Å². The van der Waals surface area contributed by atoms with Gasteiger partial charge in [-0.25, -0.2) is 4.98 Å². The highest BCUT2D eigenvalue weighted by Gasteiger charge is 2.20. The minimum atomic E-state index is 0.0554. The number of ketones is 1. The Morgan fingerprint density at radius 3 is 2.74 bits per heavy atom. The molecule has 0 saturated carbocycles. The summed E-state index contributed by atoms with van der Waals surface area (Å²) in [5.74, 6) is 0.792. The number of nitrogens with zero attached hydrogens (tertiary/aromatic N) is 1. The predicted molar refractivity (Wildman–Crippen MR) is 99.6 cm³/mol. The molecule has 1 aromatic heterocycles. The maximum absolute atomic E-state index is 11.3. The number of hydrogen-bond donors (Lipinski definition) is 2. The van der Waals surface area contributed by atoms with Crippen LogP contribution in [-0.2, 0) is 12.8 Å². The molecule has 2 aromatic rings. The van der Waals surface area contributed by atoms with Crippen LogP contribution in [0, 0.1) is 5.92 Å². The molecule has 0 fully saturated rings. The third-order valence-electron chi connectivity index (χ3n) is 3.96. The van der Waals surface area contributed by atoms with Crippen LogP contribution in [0.5, 0.6) is 0 Å². The van der Waals surface area contributed by atoms with Gasteiger partial charge in [0.25, 0.3) is 0 Å². The molecule has 0 bridgehead atoms. The molecule has 0 spiro atoms. The second-order valence-electron chi connectivity index (χ2n) is 5.95. The smallest absolute Gasteiger partial charge is 0.189 e. The molecular weight excluding hydrogens is 326 g/mol. The fourth-order valence-corrected chi connectivity index (χ4v) is 4.10. The van der Waals surface area contributed by atoms with Gasteiger partial charge in [0, 0.05) is 16.1 Å². The molecule has 1 aliphatic carbocycles. The summed E-state index contributed by atoms with van der Waals surface area (Å²) in [6, 6.07) is 7.27. The van der Waals surface area contributed by atoms with E-state index in [1.165, 1.54) is 17.0 Å². The number of carbonyl (C=O) groups is 1. The van der Waals surface area contributed by atoms with Gasteiger partial charge >= 0.3 is 0 Å². The van der Waals surface area contributed by atoms with E-state index in [0.29, 0.717) is 10.7 Å². The molecule has 0 aliphatic heterocycles. The SMILES string of the molecule is CC(=O)c1ccc(NC(=S)Nc2nc3c(s2)CC(C)CC3)cc1. The minimum Gasteiger partial charge on any atom is -0.332 e. The van der Waals surface area contributed by atoms with Crippen molar-refractivity contribution >= 4 is 45.3 Å². The molecule has 4 nitrogen and oxygen atoms in total. The topological polar surface area (TPSA) is 54.0 Å². The molecule has 0 radical (unpaired) electrons. The number of aromatic nitrogens is 1. The van der Waals surface area contributed by atoms with Gasteiger partial charge in [0.1, 0.15) is 0 Å². The first-order chi connectivity index (χ1) is 11.0. The number of thiazole rings is 1. The molecule has 1 aromatic carbocycles. The molecule has 120 valence electrons. The third-order valence-corrected chi connectivity index (χ3v) is 5.20. The van der Waals surface area contributed by atoms with Gasteiger partial charge in [0.2, 0.25) is 0 Å². The standard InChI is InChI=1S/C17H19N3OS2/c1-10-3-8-14-15(9-10)23-17(19-14)20-16(22)18-13-6-4-12(5-7-13)11(2)21/h4-7,10H,3,8-9H2,1-2H3,(H2,18,19,20,22). The minimum absolute atomic E-state index is 0.0554. The van der Waals surface area contributed by atoms with Crippen LogP contribution in [0.25, 0.3) is 0 Å². The van der Waals surface area contributed by atoms with Crippen molar-refractivity contribution in [2.24, 2.45) is 5.92 Å². The summed E-state index contributed by atoms with van der Waals surface area (Å²) in [6.07, 6.45) is 3.38. The van der Waals surface area contributed by atoms with Crippen molar-refractivity contribution in [2.45, 2.75) is 33.1 Å². The number of aryl methyl sites for hydroxylation is 1. The van der Waals surface area contributed by atoms with Crippen LogP contribution >= 0.6 is 23.6 Å². The van der Waals surface area contributed by atoms with Crippen molar-refractivity contribution in [3.05, 3.63) is 40.4 Å². The summed E-state index contributed by atoms with van der Waals surface area (Å²) >= 11 is 7.03. The lowest BCUT2D eigenvalue weighted by molar-refractivity contribution is 0.101. The summed E-state index contributed by atoms with van der Waals surface area (Å²) in [6.45, 7) is 3.84. The van der Waals surface area contributed by atoms with Crippen molar-refractivity contribution in [3.63, 3.8) is 0 Å². The molecule has 2 N–H and O–H groups in total. The van der Waals surface area contributed by atoms with Crippen LogP contribution < -0.4 is 10.6 Å². The number of rotatable bonds is 3. The van der Waals surface area contributed by atoms with Crippen molar-refractivity contribution in [1.29, 1.82) is 0 Å². The number of carbonyl (C=O) groups excluding carboxylic acids is 1. The van der Waals surface area contributed by atoms with E-state index in [4.69, 9.17) is 12.2 Å². The molecule has 0 amide bonds. The number of nitrogens with one attached hydrogen (secondary N) is 2. The Bertz CT molecular complexity index is 737. The van der Waals surface area contributed by atoms with Crippen molar-refractivity contribution < 1.29 is 4.79 Å². The van der Waals surface area contributed by atoms with E-state index < -0.39 is 0 Å². The average molecular weight is 345 g/mol. The summed E-state index contributed by atoms with van der Waals surface area (Å²) in [5, 5.41) is 7.64. The van der Waals surface area contributed by atoms with Crippen LogP contribution in [0.1, 0.15) is 41.2 Å². The summed E-state index contributed by atoms with van der Waals surface area (Å²) in [5.41, 5.74) is 2.75. The third kappa shape index (κ3) is 3.95. The van der Waals surface area contributed by atoms with E-state index in [0.717, 1.165) is 29.6 Å². The highest BCUT2D eigenvalue weighted by atomic mass is 32.1. The number of Topliss-reactive ketones (excluding diaryl/α,β-unsaturated/α-hetero) is 1. The Balaban J connectivity index is 1.62. The maximum atomic E-state index is 11.3. The second kappa shape index (κ2) is 6.76. The first kappa shape index (κ1) is 16.1. The predicted octanol–water partition coefficient (Wildman–Crippen LogP) is 4.28. The van der Waals surface area contributed by atoms with Gasteiger partial charge in [0.05, 0.1) is 5.69 Å². The van der Waals surface area contributed by atoms with Crippen molar-refractivity contribution in [2.75, 3.05) is 10.6 Å². The molecule has 1 heterocycles. The lowest BCUT2D eigenvalue weighted by atomic mass is 9.93. The van der Waals surface area contributed by atoms with Gasteiger partial charge in [-0.15, -0.1) is 11.3 Å². The van der Waals surface area contributed by atoms with Crippen LogP contribution in [0.2, 0.25) is 0 Å². The van der Waals surface area contributed by atoms with Crippen LogP contribution in [0.15, 0.2) is 24.3 Å². The van der Waals surface area contributed by atoms with Gasteiger partial charge in [-0.05, 0) is 68.6 Å². The van der Waals surface area contributed by atoms with Crippen molar-refractivity contribution in [3.8, 4) is 0 Å². The van der Waals surface area contributed by atoms with Crippen molar-refractivity contribution in [1.82, 2.24) is 4.98 Å². The second-order valence-corrected chi connectivity index (χ2v) is 7.44. The number of benzene rings is 1. The van der Waals surface area contributed by atoms with Gasteiger partial charge in [-0.3, -0.25) is 4.79 Å². The highest BCUT2D eigenvalue weighted by molar-refractivity contribution is 7.80. The molecule has 23 heavy (non-hydrogen) atoms. The summed E-state index contributed by atoms with van der Waals surface area (Å²) in [4.78, 5) is 17.3. The largest absolute Gasteiger partial charge is 0.332 e. The molecule has 3 rings (SSSR count). The van der Waals surface area contributed by atoms with Crippen LogP contribution in [0.4, 0.5) is 10.8 Å². The van der Waals surface area contributed by atoms with E-state index in [1.54, 1.807) is 30.4 Å². The van der Waals surface area contributed by atoms with Gasteiger partial charge in [0.15, 0.2) is 16.0 Å². The molecule has 1 aliphatic rings. The molecule has 6 heteroatoms. The first-order valence-corrected chi connectivity index (χ1v) is 8.91. The maximum Gasteiger partial charge on any atom is 0.189 e. The zero-order valence-electron chi connectivity index (χ0n) is 13.2. The fraction of sp³-hybridized carbons (Fsp3) is 0.353. The number of anilines is 2. The Morgan fingerprint density at radius 2 is 2.04 bits per heavy atom. The monoisotopic (exact) mass is 345 g/mol. The van der Waals surface area contributed by atoms with E-state index in [-0.39, 0.29) is 5.78 Å². The number of hydrogen-bond acceptors (Lipinski definition) is 4. The number of thiocarbonyl (C=S) groups is 1. The summed E-state index contributed by atoms with van der Waals surface area (Å²) < 4.78 is 0. The average Bonchev–Trinajstić information content (AvgIpc) is 2.88. The fourth-order valence-electron chi connectivity index (χ4n) is 2.64. The van der Waals surface area contributed by atoms with E-state index in [1.807, 2.05) is 12.1 Å². The molecular formula is C17H19N3OS2. The Kier molecular flexibility index (Phi) is 4.73. The van der Waals surface area contributed by atoms with Crippen LogP contribution in [-0.4, -0.2) is 15.9 Å². The Hall–Kier alpha value is -1.79. The van der Waals surface area contributed by atoms with Crippen LogP contribution in [0.3, 0.4) is 0 Å². The highest BCUT2D eigenvalue weighted by Crippen LogP contribution is 2.32. The first-order valence-electron chi connectivity index (χ1n) is 7.69.